The Labute approximate surface area is 144 Å². The second-order valence-corrected chi connectivity index (χ2v) is 6.25. The van der Waals surface area contributed by atoms with Crippen molar-refractivity contribution in [2.45, 2.75) is 39.7 Å². The van der Waals surface area contributed by atoms with Gasteiger partial charge in [-0.05, 0) is 58.3 Å². The molecule has 1 aromatic rings. The van der Waals surface area contributed by atoms with Crippen molar-refractivity contribution in [1.29, 1.82) is 0 Å². The van der Waals surface area contributed by atoms with Crippen LogP contribution < -0.4 is 11.1 Å². The van der Waals surface area contributed by atoms with Crippen molar-refractivity contribution in [2.24, 2.45) is 11.7 Å². The van der Waals surface area contributed by atoms with E-state index in [2.05, 4.69) is 24.1 Å². The first-order valence-electron chi connectivity index (χ1n) is 7.84. The van der Waals surface area contributed by atoms with Crippen LogP contribution in [0, 0.1) is 12.8 Å². The molecule has 23 heavy (non-hydrogen) atoms. The molecule has 6 heteroatoms. The summed E-state index contributed by atoms with van der Waals surface area (Å²) >= 11 is 0. The Kier molecular flexibility index (Phi) is 7.03. The zero-order valence-electron chi connectivity index (χ0n) is 14.0. The normalized spacial score (nSPS) is 16.0. The lowest BCUT2D eigenvalue weighted by Gasteiger charge is -2.34. The van der Waals surface area contributed by atoms with Gasteiger partial charge in [-0.15, -0.1) is 12.4 Å². The minimum atomic E-state index is -0.520. The Morgan fingerprint density at radius 2 is 1.87 bits per heavy atom. The molecule has 2 rings (SSSR count). The fourth-order valence-corrected chi connectivity index (χ4v) is 2.94. The third-order valence-corrected chi connectivity index (χ3v) is 4.42. The van der Waals surface area contributed by atoms with Gasteiger partial charge in [0, 0.05) is 12.0 Å². The van der Waals surface area contributed by atoms with Crippen LogP contribution in [0.4, 0.5) is 5.69 Å². The number of anilines is 1. The SMILES string of the molecule is Cc1cccc(C(N)=O)c1NC(=O)C1CCN(C(C)C)CC1.Cl. The highest BCUT2D eigenvalue weighted by molar-refractivity contribution is 6.04. The molecule has 0 saturated carbocycles. The Bertz CT molecular complexity index is 567. The molecule has 2 amide bonds. The van der Waals surface area contributed by atoms with Gasteiger partial charge in [-0.2, -0.15) is 0 Å². The van der Waals surface area contributed by atoms with Crippen LogP contribution >= 0.6 is 12.4 Å². The van der Waals surface area contributed by atoms with Gasteiger partial charge in [0.1, 0.15) is 0 Å². The zero-order valence-corrected chi connectivity index (χ0v) is 14.8. The zero-order chi connectivity index (χ0) is 16.3. The number of primary amides is 1. The summed E-state index contributed by atoms with van der Waals surface area (Å²) in [5.74, 6) is -0.538. The highest BCUT2D eigenvalue weighted by Crippen LogP contribution is 2.24. The molecule has 128 valence electrons. The van der Waals surface area contributed by atoms with E-state index in [1.165, 1.54) is 0 Å². The number of hydrogen-bond acceptors (Lipinski definition) is 3. The summed E-state index contributed by atoms with van der Waals surface area (Å²) in [4.78, 5) is 26.4. The van der Waals surface area contributed by atoms with E-state index in [-0.39, 0.29) is 24.2 Å². The fourth-order valence-electron chi connectivity index (χ4n) is 2.94. The Balaban J connectivity index is 0.00000264. The molecule has 5 nitrogen and oxygen atoms in total. The minimum absolute atomic E-state index is 0. The number of piperidine rings is 1. The van der Waals surface area contributed by atoms with E-state index in [1.807, 2.05) is 13.0 Å². The molecule has 1 heterocycles. The maximum atomic E-state index is 12.5. The summed E-state index contributed by atoms with van der Waals surface area (Å²) in [6.45, 7) is 8.08. The van der Waals surface area contributed by atoms with Crippen LogP contribution in [0.5, 0.6) is 0 Å². The van der Waals surface area contributed by atoms with E-state index in [0.717, 1.165) is 31.5 Å². The predicted molar refractivity (Wildman–Crippen MR) is 95.0 cm³/mol. The first-order valence-corrected chi connectivity index (χ1v) is 7.84. The van der Waals surface area contributed by atoms with Gasteiger partial charge in [0.05, 0.1) is 11.3 Å². The number of rotatable bonds is 4. The molecule has 0 radical (unpaired) electrons. The smallest absolute Gasteiger partial charge is 0.250 e. The molecule has 1 fully saturated rings. The molecule has 0 bridgehead atoms. The molecular weight excluding hydrogens is 314 g/mol. The molecule has 1 aliphatic heterocycles. The van der Waals surface area contributed by atoms with E-state index >= 15 is 0 Å². The first-order chi connectivity index (χ1) is 10.4. The number of likely N-dealkylation sites (tertiary alicyclic amines) is 1. The standard InChI is InChI=1S/C17H25N3O2.ClH/c1-11(2)20-9-7-13(8-10-20)17(22)19-15-12(3)5-4-6-14(15)16(18)21;/h4-6,11,13H,7-10H2,1-3H3,(H2,18,21)(H,19,22);1H. The van der Waals surface area contributed by atoms with Crippen molar-refractivity contribution in [3.63, 3.8) is 0 Å². The molecule has 0 unspecified atom stereocenters. The molecule has 1 aromatic carbocycles. The number of hydrogen-bond donors (Lipinski definition) is 2. The number of halogens is 1. The van der Waals surface area contributed by atoms with Gasteiger partial charge in [-0.3, -0.25) is 9.59 Å². The molecule has 0 spiro atoms. The topological polar surface area (TPSA) is 75.4 Å². The predicted octanol–water partition coefficient (Wildman–Crippen LogP) is 2.57. The second kappa shape index (κ2) is 8.31. The second-order valence-electron chi connectivity index (χ2n) is 6.25. The molecule has 0 atom stereocenters. The van der Waals surface area contributed by atoms with Crippen LogP contribution in [0.2, 0.25) is 0 Å². The lowest BCUT2D eigenvalue weighted by molar-refractivity contribution is -0.121. The highest BCUT2D eigenvalue weighted by Gasteiger charge is 2.27. The van der Waals surface area contributed by atoms with Crippen molar-refractivity contribution in [3.05, 3.63) is 29.3 Å². The summed E-state index contributed by atoms with van der Waals surface area (Å²) in [6.07, 6.45) is 1.70. The van der Waals surface area contributed by atoms with Gasteiger partial charge in [-0.1, -0.05) is 12.1 Å². The Morgan fingerprint density at radius 1 is 1.26 bits per heavy atom. The number of amides is 2. The highest BCUT2D eigenvalue weighted by atomic mass is 35.5. The maximum Gasteiger partial charge on any atom is 0.250 e. The van der Waals surface area contributed by atoms with Crippen molar-refractivity contribution >= 4 is 29.9 Å². The first kappa shape index (κ1) is 19.5. The monoisotopic (exact) mass is 339 g/mol. The summed E-state index contributed by atoms with van der Waals surface area (Å²) in [5, 5.41) is 2.92. The molecule has 0 aromatic heterocycles. The van der Waals surface area contributed by atoms with Gasteiger partial charge in [0.15, 0.2) is 0 Å². The number of carbonyl (C=O) groups is 2. The lowest BCUT2D eigenvalue weighted by Crippen LogP contribution is -2.41. The minimum Gasteiger partial charge on any atom is -0.366 e. The summed E-state index contributed by atoms with van der Waals surface area (Å²) < 4.78 is 0. The third-order valence-electron chi connectivity index (χ3n) is 4.42. The van der Waals surface area contributed by atoms with Crippen LogP contribution in [-0.4, -0.2) is 35.8 Å². The maximum absolute atomic E-state index is 12.5. The number of nitrogens with two attached hydrogens (primary N) is 1. The third kappa shape index (κ3) is 4.69. The number of benzene rings is 1. The molecule has 1 saturated heterocycles. The Hall–Kier alpha value is -1.59. The van der Waals surface area contributed by atoms with E-state index in [0.29, 0.717) is 17.3 Å². The summed E-state index contributed by atoms with van der Waals surface area (Å²) in [7, 11) is 0. The quantitative estimate of drug-likeness (QED) is 0.885. The number of nitrogens with zero attached hydrogens (tertiary/aromatic N) is 1. The van der Waals surface area contributed by atoms with E-state index in [4.69, 9.17) is 5.73 Å². The average Bonchev–Trinajstić information content (AvgIpc) is 2.49. The van der Waals surface area contributed by atoms with Gasteiger partial charge in [0.25, 0.3) is 5.91 Å². The average molecular weight is 340 g/mol. The van der Waals surface area contributed by atoms with E-state index in [9.17, 15) is 9.59 Å². The molecular formula is C17H26ClN3O2. The van der Waals surface area contributed by atoms with E-state index < -0.39 is 5.91 Å². The lowest BCUT2D eigenvalue weighted by atomic mass is 9.94. The van der Waals surface area contributed by atoms with Gasteiger partial charge >= 0.3 is 0 Å². The Morgan fingerprint density at radius 3 is 2.39 bits per heavy atom. The number of para-hydroxylation sites is 1. The summed E-state index contributed by atoms with van der Waals surface area (Å²) in [6, 6.07) is 5.80. The van der Waals surface area contributed by atoms with Gasteiger partial charge < -0.3 is 16.0 Å². The fraction of sp³-hybridized carbons (Fsp3) is 0.529. The van der Waals surface area contributed by atoms with Crippen LogP contribution in [0.1, 0.15) is 42.6 Å². The number of carbonyl (C=O) groups excluding carboxylic acids is 2. The summed E-state index contributed by atoms with van der Waals surface area (Å²) in [5.41, 5.74) is 7.16. The van der Waals surface area contributed by atoms with Gasteiger partial charge in [0.2, 0.25) is 5.91 Å². The molecule has 3 N–H and O–H groups in total. The largest absolute Gasteiger partial charge is 0.366 e. The van der Waals surface area contributed by atoms with Crippen LogP contribution in [-0.2, 0) is 4.79 Å². The van der Waals surface area contributed by atoms with Crippen molar-refractivity contribution in [1.82, 2.24) is 4.90 Å². The number of aryl methyl sites for hydroxylation is 1. The molecule has 1 aliphatic rings. The van der Waals surface area contributed by atoms with Gasteiger partial charge in [-0.25, -0.2) is 0 Å². The van der Waals surface area contributed by atoms with Crippen molar-refractivity contribution in [2.75, 3.05) is 18.4 Å². The van der Waals surface area contributed by atoms with Crippen molar-refractivity contribution in [3.8, 4) is 0 Å². The van der Waals surface area contributed by atoms with Crippen LogP contribution in [0.25, 0.3) is 0 Å². The van der Waals surface area contributed by atoms with E-state index in [1.54, 1.807) is 12.1 Å². The van der Waals surface area contributed by atoms with Crippen LogP contribution in [0.3, 0.4) is 0 Å². The number of nitrogens with one attached hydrogen (secondary N) is 1. The van der Waals surface area contributed by atoms with Crippen LogP contribution in [0.15, 0.2) is 18.2 Å². The van der Waals surface area contributed by atoms with Crippen molar-refractivity contribution < 1.29 is 9.59 Å². The molecule has 0 aliphatic carbocycles.